The van der Waals surface area contributed by atoms with Crippen molar-refractivity contribution in [2.24, 2.45) is 5.73 Å². The molecule has 1 amide bonds. The van der Waals surface area contributed by atoms with Crippen LogP contribution in [0.25, 0.3) is 0 Å². The monoisotopic (exact) mass is 227 g/mol. The first-order chi connectivity index (χ1) is 7.08. The Kier molecular flexibility index (Phi) is 2.54. The van der Waals surface area contributed by atoms with Crippen LogP contribution in [0.3, 0.4) is 0 Å². The first-order valence-corrected chi connectivity index (χ1v) is 4.88. The van der Waals surface area contributed by atoms with Gasteiger partial charge in [-0.05, 0) is 23.3 Å². The molecule has 0 radical (unpaired) electrons. The van der Waals surface area contributed by atoms with Crippen molar-refractivity contribution < 1.29 is 14.6 Å². The molecule has 0 heterocycles. The van der Waals surface area contributed by atoms with Crippen LogP contribution in [0.15, 0.2) is 18.2 Å². The van der Waals surface area contributed by atoms with E-state index >= 15 is 0 Å². The SMILES string of the molecule is NC(=O)O[C@@H]1Cc2ccc(Cl)cc2[C@@H]1O. The summed E-state index contributed by atoms with van der Waals surface area (Å²) in [5.74, 6) is 0. The fraction of sp³-hybridized carbons (Fsp3) is 0.300. The molecule has 3 N–H and O–H groups in total. The van der Waals surface area contributed by atoms with Gasteiger partial charge in [0, 0.05) is 11.4 Å². The highest BCUT2D eigenvalue weighted by Gasteiger charge is 2.33. The molecule has 0 saturated heterocycles. The molecule has 1 aromatic carbocycles. The Hall–Kier alpha value is -1.26. The van der Waals surface area contributed by atoms with Crippen LogP contribution in [-0.4, -0.2) is 17.3 Å². The van der Waals surface area contributed by atoms with Crippen molar-refractivity contribution in [3.63, 3.8) is 0 Å². The highest BCUT2D eigenvalue weighted by atomic mass is 35.5. The number of benzene rings is 1. The Morgan fingerprint density at radius 1 is 1.60 bits per heavy atom. The van der Waals surface area contributed by atoms with E-state index in [9.17, 15) is 9.90 Å². The molecule has 1 aliphatic rings. The fourth-order valence-electron chi connectivity index (χ4n) is 1.81. The lowest BCUT2D eigenvalue weighted by Crippen LogP contribution is -2.25. The molecule has 0 bridgehead atoms. The number of amides is 1. The van der Waals surface area contributed by atoms with Gasteiger partial charge < -0.3 is 15.6 Å². The molecule has 0 aliphatic heterocycles. The number of ether oxygens (including phenoxy) is 1. The number of nitrogens with two attached hydrogens (primary N) is 1. The summed E-state index contributed by atoms with van der Waals surface area (Å²) < 4.78 is 4.79. The summed E-state index contributed by atoms with van der Waals surface area (Å²) in [5, 5.41) is 10.4. The van der Waals surface area contributed by atoms with Gasteiger partial charge in [-0.1, -0.05) is 17.7 Å². The first-order valence-electron chi connectivity index (χ1n) is 4.50. The van der Waals surface area contributed by atoms with E-state index in [1.807, 2.05) is 6.07 Å². The van der Waals surface area contributed by atoms with Crippen LogP contribution >= 0.6 is 11.6 Å². The first kappa shape index (κ1) is 10.3. The fourth-order valence-corrected chi connectivity index (χ4v) is 1.99. The van der Waals surface area contributed by atoms with Gasteiger partial charge in [0.2, 0.25) is 0 Å². The van der Waals surface area contributed by atoms with E-state index in [4.69, 9.17) is 22.1 Å². The van der Waals surface area contributed by atoms with E-state index in [2.05, 4.69) is 0 Å². The minimum absolute atomic E-state index is 0.469. The van der Waals surface area contributed by atoms with Gasteiger partial charge in [0.15, 0.2) is 0 Å². The molecule has 0 fully saturated rings. The number of hydrogen-bond donors (Lipinski definition) is 2. The quantitative estimate of drug-likeness (QED) is 0.762. The smallest absolute Gasteiger partial charge is 0.404 e. The molecule has 80 valence electrons. The van der Waals surface area contributed by atoms with E-state index < -0.39 is 18.3 Å². The lowest BCUT2D eigenvalue weighted by Gasteiger charge is -2.14. The van der Waals surface area contributed by atoms with Crippen LogP contribution in [0.4, 0.5) is 4.79 Å². The third-order valence-electron chi connectivity index (χ3n) is 2.47. The van der Waals surface area contributed by atoms with Crippen LogP contribution < -0.4 is 5.73 Å². The van der Waals surface area contributed by atoms with Crippen molar-refractivity contribution in [2.45, 2.75) is 18.6 Å². The second-order valence-corrected chi connectivity index (χ2v) is 3.90. The zero-order valence-corrected chi connectivity index (χ0v) is 8.57. The Labute approximate surface area is 91.6 Å². The van der Waals surface area contributed by atoms with Crippen molar-refractivity contribution in [1.29, 1.82) is 0 Å². The van der Waals surface area contributed by atoms with Crippen LogP contribution in [0.2, 0.25) is 5.02 Å². The van der Waals surface area contributed by atoms with Gasteiger partial charge in [-0.3, -0.25) is 0 Å². The Morgan fingerprint density at radius 3 is 3.00 bits per heavy atom. The number of carbonyl (C=O) groups excluding carboxylic acids is 1. The van der Waals surface area contributed by atoms with Crippen LogP contribution in [0.1, 0.15) is 17.2 Å². The van der Waals surface area contributed by atoms with Crippen molar-refractivity contribution >= 4 is 17.7 Å². The predicted octanol–water partition coefficient (Wildman–Crippen LogP) is 1.39. The average molecular weight is 228 g/mol. The number of rotatable bonds is 1. The zero-order chi connectivity index (χ0) is 11.0. The Morgan fingerprint density at radius 2 is 2.33 bits per heavy atom. The number of fused-ring (bicyclic) bond motifs is 1. The van der Waals surface area contributed by atoms with Crippen molar-refractivity contribution in [2.75, 3.05) is 0 Å². The summed E-state index contributed by atoms with van der Waals surface area (Å²) in [6.45, 7) is 0. The van der Waals surface area contributed by atoms with Crippen molar-refractivity contribution in [3.05, 3.63) is 34.3 Å². The van der Waals surface area contributed by atoms with E-state index in [0.29, 0.717) is 17.0 Å². The summed E-state index contributed by atoms with van der Waals surface area (Å²) in [6, 6.07) is 5.22. The van der Waals surface area contributed by atoms with E-state index in [1.54, 1.807) is 12.1 Å². The second-order valence-electron chi connectivity index (χ2n) is 3.47. The summed E-state index contributed by atoms with van der Waals surface area (Å²) in [4.78, 5) is 10.6. The van der Waals surface area contributed by atoms with Gasteiger partial charge in [0.25, 0.3) is 0 Å². The minimum atomic E-state index is -0.877. The molecule has 0 aromatic heterocycles. The molecule has 1 aliphatic carbocycles. The highest BCUT2D eigenvalue weighted by Crippen LogP contribution is 2.34. The number of aliphatic hydroxyl groups is 1. The van der Waals surface area contributed by atoms with Gasteiger partial charge in [-0.2, -0.15) is 0 Å². The maximum atomic E-state index is 10.6. The van der Waals surface area contributed by atoms with Gasteiger partial charge in [-0.15, -0.1) is 0 Å². The van der Waals surface area contributed by atoms with Gasteiger partial charge in [-0.25, -0.2) is 4.79 Å². The topological polar surface area (TPSA) is 72.6 Å². The number of halogens is 1. The number of primary amides is 1. The predicted molar refractivity (Wildman–Crippen MR) is 54.6 cm³/mol. The summed E-state index contributed by atoms with van der Waals surface area (Å²) in [5.41, 5.74) is 6.53. The minimum Gasteiger partial charge on any atom is -0.443 e. The number of aliphatic hydroxyl groups excluding tert-OH is 1. The largest absolute Gasteiger partial charge is 0.443 e. The standard InChI is InChI=1S/C10H10ClNO3/c11-6-2-1-5-3-8(15-10(12)14)9(13)7(5)4-6/h1-2,4,8-9,13H,3H2,(H2,12,14)/t8-,9+/m1/s1. The lowest BCUT2D eigenvalue weighted by molar-refractivity contribution is 0.0171. The molecule has 4 nitrogen and oxygen atoms in total. The number of carbonyl (C=O) groups is 1. The molecule has 0 spiro atoms. The van der Waals surface area contributed by atoms with Gasteiger partial charge >= 0.3 is 6.09 Å². The summed E-state index contributed by atoms with van der Waals surface area (Å²) in [7, 11) is 0. The molecular formula is C10H10ClNO3. The van der Waals surface area contributed by atoms with Crippen molar-refractivity contribution in [3.8, 4) is 0 Å². The molecule has 5 heteroatoms. The Balaban J connectivity index is 2.25. The maximum absolute atomic E-state index is 10.6. The van der Waals surface area contributed by atoms with Gasteiger partial charge in [0.1, 0.15) is 12.2 Å². The van der Waals surface area contributed by atoms with Gasteiger partial charge in [0.05, 0.1) is 0 Å². The molecular weight excluding hydrogens is 218 g/mol. The molecule has 0 unspecified atom stereocenters. The molecule has 1 aromatic rings. The number of hydrogen-bond acceptors (Lipinski definition) is 3. The average Bonchev–Trinajstić information content (AvgIpc) is 2.44. The molecule has 0 saturated carbocycles. The third-order valence-corrected chi connectivity index (χ3v) is 2.70. The van der Waals surface area contributed by atoms with Crippen LogP contribution in [-0.2, 0) is 11.2 Å². The zero-order valence-electron chi connectivity index (χ0n) is 7.81. The third kappa shape index (κ3) is 1.91. The molecule has 2 rings (SSSR count). The summed E-state index contributed by atoms with van der Waals surface area (Å²) >= 11 is 5.80. The summed E-state index contributed by atoms with van der Waals surface area (Å²) in [6.07, 6.45) is -1.85. The second kappa shape index (κ2) is 3.72. The van der Waals surface area contributed by atoms with Crippen molar-refractivity contribution in [1.82, 2.24) is 0 Å². The van der Waals surface area contributed by atoms with E-state index in [0.717, 1.165) is 5.56 Å². The normalized spacial score (nSPS) is 23.6. The maximum Gasteiger partial charge on any atom is 0.404 e. The molecule has 15 heavy (non-hydrogen) atoms. The lowest BCUT2D eigenvalue weighted by atomic mass is 10.1. The van der Waals surface area contributed by atoms with E-state index in [-0.39, 0.29) is 0 Å². The molecule has 2 atom stereocenters. The van der Waals surface area contributed by atoms with Crippen LogP contribution in [0, 0.1) is 0 Å². The highest BCUT2D eigenvalue weighted by molar-refractivity contribution is 6.30. The van der Waals surface area contributed by atoms with Crippen LogP contribution in [0.5, 0.6) is 0 Å². The Bertz CT molecular complexity index is 408. The van der Waals surface area contributed by atoms with E-state index in [1.165, 1.54) is 0 Å².